The Kier molecular flexibility index (Phi) is 3.18. The van der Waals surface area contributed by atoms with Gasteiger partial charge >= 0.3 is 0 Å². The van der Waals surface area contributed by atoms with E-state index in [-0.39, 0.29) is 23.3 Å². The standard InChI is InChI=1S/C17H21N3O2/c21-15-9-17(10-18-15)7-8-20(11-17)14-6-5-12-3-1-2-4-13(12)19-16(14)22/h1-4,14H,5-11H2,(H,18,21)(H,19,22). The summed E-state index contributed by atoms with van der Waals surface area (Å²) in [6.45, 7) is 2.51. The van der Waals surface area contributed by atoms with E-state index in [0.29, 0.717) is 6.42 Å². The Morgan fingerprint density at radius 1 is 1.23 bits per heavy atom. The SMILES string of the molecule is O=C1CC2(CCN(C3CCc4ccccc4NC3=O)C2)CN1. The van der Waals surface area contributed by atoms with Gasteiger partial charge in [0.25, 0.3) is 0 Å². The van der Waals surface area contributed by atoms with Crippen LogP contribution >= 0.6 is 0 Å². The summed E-state index contributed by atoms with van der Waals surface area (Å²) in [6, 6.07) is 7.96. The lowest BCUT2D eigenvalue weighted by molar-refractivity contribution is -0.121. The number of nitrogens with one attached hydrogen (secondary N) is 2. The topological polar surface area (TPSA) is 61.4 Å². The summed E-state index contributed by atoms with van der Waals surface area (Å²) in [6.07, 6.45) is 3.38. The first-order valence-electron chi connectivity index (χ1n) is 8.05. The van der Waals surface area contributed by atoms with Gasteiger partial charge < -0.3 is 10.6 Å². The minimum atomic E-state index is -0.0810. The second-order valence-electron chi connectivity index (χ2n) is 6.87. The van der Waals surface area contributed by atoms with Crippen LogP contribution in [0.4, 0.5) is 5.69 Å². The fourth-order valence-electron chi connectivity index (χ4n) is 4.12. The predicted octanol–water partition coefficient (Wildman–Crippen LogP) is 1.15. The fourth-order valence-corrected chi connectivity index (χ4v) is 4.12. The number of likely N-dealkylation sites (tertiary alicyclic amines) is 1. The Bertz CT molecular complexity index is 630. The van der Waals surface area contributed by atoms with Crippen LogP contribution in [0, 0.1) is 5.41 Å². The third-order valence-electron chi connectivity index (χ3n) is 5.37. The third kappa shape index (κ3) is 2.29. The Balaban J connectivity index is 1.50. The molecule has 2 amide bonds. The molecular formula is C17H21N3O2. The van der Waals surface area contributed by atoms with Gasteiger partial charge in [-0.25, -0.2) is 0 Å². The number of aryl methyl sites for hydroxylation is 1. The summed E-state index contributed by atoms with van der Waals surface area (Å²) in [4.78, 5) is 26.4. The molecule has 0 aromatic heterocycles. The second kappa shape index (κ2) is 5.09. The monoisotopic (exact) mass is 299 g/mol. The van der Waals surface area contributed by atoms with Crippen molar-refractivity contribution in [1.82, 2.24) is 10.2 Å². The molecule has 0 saturated carbocycles. The average molecular weight is 299 g/mol. The molecule has 3 heterocycles. The van der Waals surface area contributed by atoms with Gasteiger partial charge in [0, 0.05) is 30.6 Å². The number of carbonyl (C=O) groups excluding carboxylic acids is 2. The highest BCUT2D eigenvalue weighted by Crippen LogP contribution is 2.38. The first-order valence-corrected chi connectivity index (χ1v) is 8.05. The van der Waals surface area contributed by atoms with Gasteiger partial charge in [-0.3, -0.25) is 14.5 Å². The lowest BCUT2D eigenvalue weighted by atomic mass is 9.86. The van der Waals surface area contributed by atoms with Crippen molar-refractivity contribution >= 4 is 17.5 Å². The smallest absolute Gasteiger partial charge is 0.241 e. The van der Waals surface area contributed by atoms with Gasteiger partial charge in [0.1, 0.15) is 0 Å². The zero-order valence-corrected chi connectivity index (χ0v) is 12.6. The number of anilines is 1. The molecule has 1 aromatic carbocycles. The minimum absolute atomic E-state index is 0.0521. The molecule has 3 aliphatic rings. The number of amides is 2. The van der Waals surface area contributed by atoms with Gasteiger partial charge in [-0.05, 0) is 37.4 Å². The third-order valence-corrected chi connectivity index (χ3v) is 5.37. The largest absolute Gasteiger partial charge is 0.355 e. The predicted molar refractivity (Wildman–Crippen MR) is 83.4 cm³/mol. The Morgan fingerprint density at radius 2 is 2.09 bits per heavy atom. The summed E-state index contributed by atoms with van der Waals surface area (Å²) in [7, 11) is 0. The number of hydrogen-bond donors (Lipinski definition) is 2. The first kappa shape index (κ1) is 13.8. The Hall–Kier alpha value is -1.88. The van der Waals surface area contributed by atoms with Crippen molar-refractivity contribution < 1.29 is 9.59 Å². The van der Waals surface area contributed by atoms with E-state index in [1.54, 1.807) is 0 Å². The van der Waals surface area contributed by atoms with Crippen LogP contribution in [0.25, 0.3) is 0 Å². The molecule has 116 valence electrons. The maximum Gasteiger partial charge on any atom is 0.241 e. The quantitative estimate of drug-likeness (QED) is 0.818. The minimum Gasteiger partial charge on any atom is -0.355 e. The van der Waals surface area contributed by atoms with E-state index in [0.717, 1.165) is 44.6 Å². The molecule has 3 aliphatic heterocycles. The molecular weight excluding hydrogens is 278 g/mol. The zero-order chi connectivity index (χ0) is 15.2. The molecule has 2 N–H and O–H groups in total. The van der Waals surface area contributed by atoms with Crippen LogP contribution in [-0.4, -0.2) is 42.4 Å². The van der Waals surface area contributed by atoms with Gasteiger partial charge in [-0.15, -0.1) is 0 Å². The number of hydrogen-bond acceptors (Lipinski definition) is 3. The van der Waals surface area contributed by atoms with E-state index >= 15 is 0 Å². The summed E-state index contributed by atoms with van der Waals surface area (Å²) in [5.74, 6) is 0.249. The first-order chi connectivity index (χ1) is 10.7. The van der Waals surface area contributed by atoms with E-state index in [1.807, 2.05) is 18.2 Å². The summed E-state index contributed by atoms with van der Waals surface area (Å²) in [5, 5.41) is 6.02. The maximum atomic E-state index is 12.6. The van der Waals surface area contributed by atoms with Crippen molar-refractivity contribution in [2.45, 2.75) is 31.7 Å². The summed E-state index contributed by atoms with van der Waals surface area (Å²) in [5.41, 5.74) is 2.21. The molecule has 2 unspecified atom stereocenters. The number of para-hydroxylation sites is 1. The average Bonchev–Trinajstić information content (AvgIpc) is 3.03. The molecule has 2 saturated heterocycles. The van der Waals surface area contributed by atoms with Gasteiger partial charge in [0.2, 0.25) is 11.8 Å². The van der Waals surface area contributed by atoms with Crippen LogP contribution < -0.4 is 10.6 Å². The molecule has 1 aromatic rings. The van der Waals surface area contributed by atoms with E-state index < -0.39 is 0 Å². The van der Waals surface area contributed by atoms with Crippen LogP contribution in [0.5, 0.6) is 0 Å². The van der Waals surface area contributed by atoms with Gasteiger partial charge in [-0.1, -0.05) is 18.2 Å². The molecule has 4 rings (SSSR count). The van der Waals surface area contributed by atoms with E-state index in [9.17, 15) is 9.59 Å². The van der Waals surface area contributed by atoms with Crippen molar-refractivity contribution in [3.63, 3.8) is 0 Å². The highest BCUT2D eigenvalue weighted by molar-refractivity contribution is 5.96. The normalized spacial score (nSPS) is 31.7. The van der Waals surface area contributed by atoms with Crippen molar-refractivity contribution in [3.05, 3.63) is 29.8 Å². The zero-order valence-electron chi connectivity index (χ0n) is 12.6. The molecule has 2 atom stereocenters. The lowest BCUT2D eigenvalue weighted by Gasteiger charge is -2.27. The number of benzene rings is 1. The van der Waals surface area contributed by atoms with E-state index in [4.69, 9.17) is 0 Å². The van der Waals surface area contributed by atoms with Crippen molar-refractivity contribution in [2.75, 3.05) is 25.0 Å². The van der Waals surface area contributed by atoms with Crippen molar-refractivity contribution in [3.8, 4) is 0 Å². The van der Waals surface area contributed by atoms with Crippen LogP contribution in [0.15, 0.2) is 24.3 Å². The van der Waals surface area contributed by atoms with E-state index in [2.05, 4.69) is 21.6 Å². The lowest BCUT2D eigenvalue weighted by Crippen LogP contribution is -2.43. The highest BCUT2D eigenvalue weighted by Gasteiger charge is 2.46. The van der Waals surface area contributed by atoms with Crippen LogP contribution in [0.1, 0.15) is 24.8 Å². The Labute approximate surface area is 130 Å². The van der Waals surface area contributed by atoms with Crippen LogP contribution in [0.3, 0.4) is 0 Å². The molecule has 22 heavy (non-hydrogen) atoms. The molecule has 0 aliphatic carbocycles. The van der Waals surface area contributed by atoms with Gasteiger partial charge in [0.15, 0.2) is 0 Å². The van der Waals surface area contributed by atoms with E-state index in [1.165, 1.54) is 5.56 Å². The molecule has 0 bridgehead atoms. The number of fused-ring (bicyclic) bond motifs is 1. The maximum absolute atomic E-state index is 12.6. The summed E-state index contributed by atoms with van der Waals surface area (Å²) < 4.78 is 0. The van der Waals surface area contributed by atoms with Crippen LogP contribution in [0.2, 0.25) is 0 Å². The number of nitrogens with zero attached hydrogens (tertiary/aromatic N) is 1. The molecule has 1 spiro atoms. The van der Waals surface area contributed by atoms with Gasteiger partial charge in [-0.2, -0.15) is 0 Å². The molecule has 5 nitrogen and oxygen atoms in total. The van der Waals surface area contributed by atoms with Crippen molar-refractivity contribution in [2.24, 2.45) is 5.41 Å². The number of rotatable bonds is 1. The van der Waals surface area contributed by atoms with Crippen molar-refractivity contribution in [1.29, 1.82) is 0 Å². The van der Waals surface area contributed by atoms with Crippen LogP contribution in [-0.2, 0) is 16.0 Å². The number of carbonyl (C=O) groups is 2. The van der Waals surface area contributed by atoms with Gasteiger partial charge in [0.05, 0.1) is 6.04 Å². The molecule has 2 fully saturated rings. The fraction of sp³-hybridized carbons (Fsp3) is 0.529. The molecule has 5 heteroatoms. The Morgan fingerprint density at radius 3 is 2.91 bits per heavy atom. The summed E-state index contributed by atoms with van der Waals surface area (Å²) >= 11 is 0. The second-order valence-corrected chi connectivity index (χ2v) is 6.87. The molecule has 0 radical (unpaired) electrons. The highest BCUT2D eigenvalue weighted by atomic mass is 16.2.